The average molecular weight is 516 g/mol. The van der Waals surface area contributed by atoms with Gasteiger partial charge in [-0.05, 0) is 81.3 Å². The van der Waals surface area contributed by atoms with Crippen molar-refractivity contribution in [2.75, 3.05) is 26.5 Å². The molecule has 2 atom stereocenters. The molecule has 4 rings (SSSR count). The van der Waals surface area contributed by atoms with Crippen LogP contribution < -0.4 is 5.09 Å². The first kappa shape index (κ1) is 26.2. The van der Waals surface area contributed by atoms with Gasteiger partial charge in [0.15, 0.2) is 0 Å². The number of benzene rings is 1. The lowest BCUT2D eigenvalue weighted by Gasteiger charge is -2.37. The molecular weight excluding hydrogens is 481 g/mol. The number of aromatic nitrogens is 1. The number of ether oxygens (including phenoxy) is 2. The van der Waals surface area contributed by atoms with E-state index < -0.39 is 8.22 Å². The van der Waals surface area contributed by atoms with Gasteiger partial charge in [0.25, 0.3) is 0 Å². The van der Waals surface area contributed by atoms with Crippen LogP contribution in [-0.4, -0.2) is 54.3 Å². The molecule has 1 saturated heterocycles. The van der Waals surface area contributed by atoms with E-state index in [1.165, 1.54) is 27.8 Å². The monoisotopic (exact) mass is 515 g/mol. The van der Waals surface area contributed by atoms with Crippen molar-refractivity contribution in [3.05, 3.63) is 69.5 Å². The summed E-state index contributed by atoms with van der Waals surface area (Å²) >= 11 is 6.36. The number of pyridine rings is 1. The van der Waals surface area contributed by atoms with E-state index in [4.69, 9.17) is 26.1 Å². The zero-order valence-electron chi connectivity index (χ0n) is 21.0. The van der Waals surface area contributed by atoms with Gasteiger partial charge in [-0.15, -0.1) is 0 Å². The predicted molar refractivity (Wildman–Crippen MR) is 143 cm³/mol. The molecule has 1 aliphatic carbocycles. The number of fused-ring (bicyclic) bond motifs is 2. The first-order chi connectivity index (χ1) is 16.9. The van der Waals surface area contributed by atoms with Crippen molar-refractivity contribution in [1.82, 2.24) is 14.7 Å². The van der Waals surface area contributed by atoms with Gasteiger partial charge in [-0.1, -0.05) is 29.3 Å². The van der Waals surface area contributed by atoms with Gasteiger partial charge in [0.2, 0.25) is 0 Å². The molecule has 2 aromatic rings. The minimum Gasteiger partial charge on any atom is -0.462 e. The Kier molecular flexibility index (Phi) is 8.96. The van der Waals surface area contributed by atoms with Gasteiger partial charge in [-0.3, -0.25) is 19.5 Å². The Morgan fingerprint density at radius 2 is 1.89 bits per heavy atom. The number of nitrogens with one attached hydrogen (secondary N) is 1. The first-order valence-corrected chi connectivity index (χ1v) is 14.2. The third-order valence-corrected chi connectivity index (χ3v) is 8.97. The lowest BCUT2D eigenvalue weighted by molar-refractivity contribution is -0.148. The van der Waals surface area contributed by atoms with Crippen LogP contribution in [0.25, 0.3) is 5.57 Å². The minimum absolute atomic E-state index is 0.126. The summed E-state index contributed by atoms with van der Waals surface area (Å²) < 4.78 is 13.3. The van der Waals surface area contributed by atoms with Gasteiger partial charge in [0.05, 0.1) is 26.4 Å². The van der Waals surface area contributed by atoms with E-state index in [9.17, 15) is 4.79 Å². The molecule has 2 heterocycles. The van der Waals surface area contributed by atoms with Crippen LogP contribution in [0.15, 0.2) is 42.1 Å². The summed E-state index contributed by atoms with van der Waals surface area (Å²) in [5.41, 5.74) is 7.68. The molecule has 0 amide bonds. The normalized spacial score (nSPS) is 18.0. The molecule has 0 bridgehead atoms. The summed E-state index contributed by atoms with van der Waals surface area (Å²) in [5, 5.41) is 4.26. The van der Waals surface area contributed by atoms with E-state index in [0.29, 0.717) is 6.35 Å². The fourth-order valence-electron chi connectivity index (χ4n) is 4.82. The molecule has 6 nitrogen and oxygen atoms in total. The number of hydrogen-bond donors (Lipinski definition) is 1. The van der Waals surface area contributed by atoms with Crippen LogP contribution in [0.3, 0.4) is 0 Å². The van der Waals surface area contributed by atoms with E-state index in [0.717, 1.165) is 49.5 Å². The van der Waals surface area contributed by atoms with Crippen molar-refractivity contribution in [3.63, 3.8) is 0 Å². The highest BCUT2D eigenvalue weighted by molar-refractivity contribution is 7.52. The van der Waals surface area contributed by atoms with Gasteiger partial charge in [-0.2, -0.15) is 0 Å². The first-order valence-electron chi connectivity index (χ1n) is 12.3. The van der Waals surface area contributed by atoms with Crippen molar-refractivity contribution in [3.8, 4) is 0 Å². The highest BCUT2D eigenvalue weighted by atomic mass is 35.5. The maximum atomic E-state index is 12.4. The van der Waals surface area contributed by atoms with Crippen molar-refractivity contribution >= 4 is 31.4 Å². The molecule has 8 heteroatoms. The number of hydrogen-bond acceptors (Lipinski definition) is 6. The molecule has 1 fully saturated rings. The fraction of sp³-hybridized carbons (Fsp3) is 0.481. The number of methoxy groups -OCH3 is 1. The van der Waals surface area contributed by atoms with Gasteiger partial charge in [-0.25, -0.2) is 0 Å². The highest BCUT2D eigenvalue weighted by Crippen LogP contribution is 2.43. The van der Waals surface area contributed by atoms with Crippen LogP contribution in [0.4, 0.5) is 0 Å². The number of rotatable bonds is 7. The quantitative estimate of drug-likeness (QED) is 0.384. The molecule has 1 aromatic carbocycles. The van der Waals surface area contributed by atoms with Crippen molar-refractivity contribution in [2.24, 2.45) is 0 Å². The molecular formula is C27H35ClN3O3P. The van der Waals surface area contributed by atoms with Crippen LogP contribution >= 0.6 is 19.8 Å². The third-order valence-electron chi connectivity index (χ3n) is 6.47. The predicted octanol–water partition coefficient (Wildman–Crippen LogP) is 5.58. The third kappa shape index (κ3) is 6.31. The van der Waals surface area contributed by atoms with E-state index in [2.05, 4.69) is 28.0 Å². The van der Waals surface area contributed by atoms with Crippen LogP contribution in [0.2, 0.25) is 5.02 Å². The van der Waals surface area contributed by atoms with Crippen molar-refractivity contribution in [1.29, 1.82) is 0 Å². The zero-order valence-corrected chi connectivity index (χ0v) is 22.7. The summed E-state index contributed by atoms with van der Waals surface area (Å²) in [4.78, 5) is 17.2. The summed E-state index contributed by atoms with van der Waals surface area (Å²) in [6, 6.07) is 10.1. The van der Waals surface area contributed by atoms with Gasteiger partial charge in [0.1, 0.15) is 6.04 Å². The smallest absolute Gasteiger partial charge is 0.323 e. The number of carbonyl (C=O) groups is 1. The minimum atomic E-state index is -0.822. The summed E-state index contributed by atoms with van der Waals surface area (Å²) in [6.07, 6.45) is 6.16. The summed E-state index contributed by atoms with van der Waals surface area (Å²) in [6.45, 7) is 7.41. The summed E-state index contributed by atoms with van der Waals surface area (Å²) in [5.74, 6) is -0.222. The topological polar surface area (TPSA) is 63.7 Å². The Morgan fingerprint density at radius 1 is 1.14 bits per heavy atom. The van der Waals surface area contributed by atoms with Gasteiger partial charge >= 0.3 is 5.97 Å². The number of carbonyl (C=O) groups excluding carboxylic acids is 1. The molecule has 35 heavy (non-hydrogen) atoms. The van der Waals surface area contributed by atoms with Crippen molar-refractivity contribution in [2.45, 2.75) is 58.6 Å². The van der Waals surface area contributed by atoms with Gasteiger partial charge in [0, 0.05) is 37.0 Å². The average Bonchev–Trinajstić information content (AvgIpc) is 3.00. The Hall–Kier alpha value is -1.82. The Labute approximate surface area is 214 Å². The van der Waals surface area contributed by atoms with Crippen LogP contribution in [0.5, 0.6) is 0 Å². The number of esters is 1. The fourth-order valence-corrected chi connectivity index (χ4v) is 6.90. The zero-order chi connectivity index (χ0) is 24.9. The molecule has 2 aliphatic rings. The molecule has 1 aliphatic heterocycles. The Bertz CT molecular complexity index is 1080. The standard InChI is InChI=1S/C27H35ClN3O3P/c1-18(2)34-27(32)19(3)30-35(17-33-4)31-14-11-20(12-15-31)25-24-10-9-23(28)16-22(24)8-7-21-6-5-13-29-26(21)25/h5-6,9-10,13,16,18-19,30H,7-8,11-12,14-15,17H2,1-4H3. The van der Waals surface area contributed by atoms with E-state index >= 15 is 0 Å². The Balaban J connectivity index is 1.57. The largest absolute Gasteiger partial charge is 0.462 e. The maximum absolute atomic E-state index is 12.4. The maximum Gasteiger partial charge on any atom is 0.323 e. The molecule has 0 spiro atoms. The highest BCUT2D eigenvalue weighted by Gasteiger charge is 2.29. The molecule has 0 saturated carbocycles. The lowest BCUT2D eigenvalue weighted by atomic mass is 9.89. The number of halogens is 1. The van der Waals surface area contributed by atoms with Crippen LogP contribution in [0, 0.1) is 0 Å². The van der Waals surface area contributed by atoms with Crippen LogP contribution in [-0.2, 0) is 27.1 Å². The molecule has 1 aromatic heterocycles. The molecule has 1 N–H and O–H groups in total. The van der Waals surface area contributed by atoms with E-state index in [1.54, 1.807) is 7.11 Å². The molecule has 2 unspecified atom stereocenters. The summed E-state index contributed by atoms with van der Waals surface area (Å²) in [7, 11) is 0.888. The second-order valence-electron chi connectivity index (χ2n) is 9.40. The van der Waals surface area contributed by atoms with E-state index in [-0.39, 0.29) is 18.1 Å². The number of piperidine rings is 1. The van der Waals surface area contributed by atoms with Crippen LogP contribution in [0.1, 0.15) is 56.0 Å². The Morgan fingerprint density at radius 3 is 2.60 bits per heavy atom. The lowest BCUT2D eigenvalue weighted by Crippen LogP contribution is -2.39. The van der Waals surface area contributed by atoms with Gasteiger partial charge < -0.3 is 9.47 Å². The number of nitrogens with zero attached hydrogens (tertiary/aromatic N) is 2. The molecule has 188 valence electrons. The van der Waals surface area contributed by atoms with E-state index in [1.807, 2.05) is 39.1 Å². The SMILES string of the molecule is COCP(NC(C)C(=O)OC(C)C)N1CCC(=C2c3ccc(Cl)cc3CCc3cccnc32)CC1. The second-order valence-corrected chi connectivity index (χ2v) is 11.7. The van der Waals surface area contributed by atoms with Crippen molar-refractivity contribution < 1.29 is 14.3 Å². The second kappa shape index (κ2) is 11.9. The number of aryl methyl sites for hydroxylation is 2. The molecule has 0 radical (unpaired) electrons.